The second-order valence-electron chi connectivity index (χ2n) is 8.01. The number of hydrogen-bond donors (Lipinski definition) is 0. The van der Waals surface area contributed by atoms with Crippen molar-refractivity contribution in [2.24, 2.45) is 5.41 Å². The zero-order chi connectivity index (χ0) is 19.7. The van der Waals surface area contributed by atoms with Gasteiger partial charge in [0.1, 0.15) is 11.0 Å². The van der Waals surface area contributed by atoms with Gasteiger partial charge in [0.05, 0.1) is 0 Å². The van der Waals surface area contributed by atoms with Crippen molar-refractivity contribution in [2.45, 2.75) is 45.6 Å². The van der Waals surface area contributed by atoms with Gasteiger partial charge >= 0.3 is 5.97 Å². The Morgan fingerprint density at radius 1 is 1.07 bits per heavy atom. The van der Waals surface area contributed by atoms with Crippen LogP contribution in [0.4, 0.5) is 0 Å². The highest BCUT2D eigenvalue weighted by Crippen LogP contribution is 2.38. The van der Waals surface area contributed by atoms with E-state index in [0.29, 0.717) is 24.8 Å². The van der Waals surface area contributed by atoms with Crippen LogP contribution in [0.1, 0.15) is 50.4 Å². The third-order valence-electron chi connectivity index (χ3n) is 4.79. The zero-order valence-corrected chi connectivity index (χ0v) is 16.0. The number of ether oxygens (including phenoxy) is 1. The minimum Gasteiger partial charge on any atom is -0.459 e. The van der Waals surface area contributed by atoms with E-state index >= 15 is 0 Å². The summed E-state index contributed by atoms with van der Waals surface area (Å²) in [4.78, 5) is 37.8. The number of carbonyl (C=O) groups is 3. The number of allylic oxidation sites excluding steroid dienone is 1. The third-order valence-corrected chi connectivity index (χ3v) is 4.79. The lowest BCUT2D eigenvalue weighted by Crippen LogP contribution is -2.39. The molecule has 0 aliphatic heterocycles. The quantitative estimate of drug-likeness (QED) is 0.343. The van der Waals surface area contributed by atoms with Gasteiger partial charge in [-0.15, -0.1) is 0 Å². The molecule has 1 fully saturated rings. The Kier molecular flexibility index (Phi) is 5.01. The zero-order valence-electron chi connectivity index (χ0n) is 16.0. The molecule has 2 aromatic rings. The molecule has 0 unspecified atom stereocenters. The molecule has 4 nitrogen and oxygen atoms in total. The molecule has 1 aliphatic rings. The van der Waals surface area contributed by atoms with Gasteiger partial charge in [0.2, 0.25) is 0 Å². The van der Waals surface area contributed by atoms with Crippen LogP contribution in [0.25, 0.3) is 10.8 Å². The summed E-state index contributed by atoms with van der Waals surface area (Å²) in [5.74, 6) is -0.984. The monoisotopic (exact) mass is 364 g/mol. The summed E-state index contributed by atoms with van der Waals surface area (Å²) in [6.45, 7) is 5.30. The van der Waals surface area contributed by atoms with Gasteiger partial charge in [0.25, 0.3) is 0 Å². The number of ketones is 2. The fourth-order valence-corrected chi connectivity index (χ4v) is 3.38. The van der Waals surface area contributed by atoms with Crippen LogP contribution >= 0.6 is 0 Å². The van der Waals surface area contributed by atoms with E-state index in [-0.39, 0.29) is 11.6 Å². The summed E-state index contributed by atoms with van der Waals surface area (Å²) in [5.41, 5.74) is -1.52. The van der Waals surface area contributed by atoms with Gasteiger partial charge in [0, 0.05) is 12.0 Å². The standard InChI is InChI=1S/C23H24O4/c1-22(2,3)27-21(26)23(13-6-9-20(23)25)14-12-19(24)18-11-10-16-7-4-5-8-17(16)15-18/h4-5,7-8,10-12,14-15H,6,9,13H2,1-3H3/b14-12-/t23-/m0/s1. The number of esters is 1. The molecule has 4 heteroatoms. The van der Waals surface area contributed by atoms with Crippen LogP contribution in [0.3, 0.4) is 0 Å². The van der Waals surface area contributed by atoms with Crippen molar-refractivity contribution < 1.29 is 19.1 Å². The van der Waals surface area contributed by atoms with E-state index in [4.69, 9.17) is 4.74 Å². The van der Waals surface area contributed by atoms with Crippen molar-refractivity contribution in [3.63, 3.8) is 0 Å². The van der Waals surface area contributed by atoms with E-state index in [0.717, 1.165) is 10.8 Å². The average molecular weight is 364 g/mol. The molecule has 0 bridgehead atoms. The van der Waals surface area contributed by atoms with Gasteiger partial charge in [-0.2, -0.15) is 0 Å². The minimum atomic E-state index is -1.35. The normalized spacial score (nSPS) is 20.3. The smallest absolute Gasteiger partial charge is 0.324 e. The molecule has 1 aliphatic carbocycles. The maximum atomic E-state index is 12.7. The minimum absolute atomic E-state index is 0.181. The fraction of sp³-hybridized carbons (Fsp3) is 0.348. The molecule has 0 spiro atoms. The highest BCUT2D eigenvalue weighted by atomic mass is 16.6. The van der Waals surface area contributed by atoms with E-state index in [9.17, 15) is 14.4 Å². The van der Waals surface area contributed by atoms with Crippen molar-refractivity contribution in [3.8, 4) is 0 Å². The molecule has 0 aromatic heterocycles. The molecule has 0 radical (unpaired) electrons. The lowest BCUT2D eigenvalue weighted by Gasteiger charge is -2.27. The Labute approximate surface area is 159 Å². The van der Waals surface area contributed by atoms with Gasteiger partial charge in [-0.25, -0.2) is 0 Å². The first kappa shape index (κ1) is 19.0. The van der Waals surface area contributed by atoms with Crippen LogP contribution in [0, 0.1) is 5.41 Å². The van der Waals surface area contributed by atoms with E-state index in [1.807, 2.05) is 36.4 Å². The van der Waals surface area contributed by atoms with Crippen molar-refractivity contribution in [2.75, 3.05) is 0 Å². The fourth-order valence-electron chi connectivity index (χ4n) is 3.38. The summed E-state index contributed by atoms with van der Waals surface area (Å²) in [6, 6.07) is 13.2. The predicted octanol–water partition coefficient (Wildman–Crippen LogP) is 4.66. The number of carbonyl (C=O) groups excluding carboxylic acids is 3. The molecule has 140 valence electrons. The SMILES string of the molecule is CC(C)(C)OC(=O)[C@]1(/C=C\C(=O)c2ccc3ccccc3c2)CCCC1=O. The van der Waals surface area contributed by atoms with Gasteiger partial charge in [-0.3, -0.25) is 14.4 Å². The number of benzene rings is 2. The van der Waals surface area contributed by atoms with Gasteiger partial charge in [-0.05, 0) is 56.5 Å². The lowest BCUT2D eigenvalue weighted by atomic mass is 9.84. The van der Waals surface area contributed by atoms with E-state index in [1.54, 1.807) is 26.8 Å². The summed E-state index contributed by atoms with van der Waals surface area (Å²) in [5, 5.41) is 2.02. The molecule has 2 aromatic carbocycles. The lowest BCUT2D eigenvalue weighted by molar-refractivity contribution is -0.166. The van der Waals surface area contributed by atoms with Gasteiger partial charge in [-0.1, -0.05) is 42.5 Å². The first-order valence-corrected chi connectivity index (χ1v) is 9.20. The third kappa shape index (κ3) is 4.00. The van der Waals surface area contributed by atoms with Crippen molar-refractivity contribution >= 4 is 28.3 Å². The summed E-state index contributed by atoms with van der Waals surface area (Å²) in [7, 11) is 0. The number of fused-ring (bicyclic) bond motifs is 1. The van der Waals surface area contributed by atoms with Crippen LogP contribution in [0.5, 0.6) is 0 Å². The Hall–Kier alpha value is -2.75. The topological polar surface area (TPSA) is 60.4 Å². The second-order valence-corrected chi connectivity index (χ2v) is 8.01. The predicted molar refractivity (Wildman–Crippen MR) is 105 cm³/mol. The molecule has 27 heavy (non-hydrogen) atoms. The first-order valence-electron chi connectivity index (χ1n) is 9.20. The summed E-state index contributed by atoms with van der Waals surface area (Å²) in [6.07, 6.45) is 4.12. The van der Waals surface area contributed by atoms with E-state index in [2.05, 4.69) is 0 Å². The van der Waals surface area contributed by atoms with Crippen LogP contribution < -0.4 is 0 Å². The second kappa shape index (κ2) is 7.10. The molecular weight excluding hydrogens is 340 g/mol. The molecule has 0 amide bonds. The maximum Gasteiger partial charge on any atom is 0.324 e. The molecule has 0 N–H and O–H groups in total. The van der Waals surface area contributed by atoms with E-state index < -0.39 is 17.0 Å². The molecule has 1 saturated carbocycles. The van der Waals surface area contributed by atoms with Gasteiger partial charge < -0.3 is 4.74 Å². The van der Waals surface area contributed by atoms with E-state index in [1.165, 1.54) is 12.2 Å². The number of Topliss-reactive ketones (excluding diaryl/α,β-unsaturated/α-hetero) is 1. The Morgan fingerprint density at radius 2 is 1.78 bits per heavy atom. The largest absolute Gasteiger partial charge is 0.459 e. The van der Waals surface area contributed by atoms with Crippen LogP contribution in [-0.2, 0) is 14.3 Å². The molecule has 0 saturated heterocycles. The molecular formula is C23H24O4. The van der Waals surface area contributed by atoms with Gasteiger partial charge in [0.15, 0.2) is 11.6 Å². The van der Waals surface area contributed by atoms with Crippen molar-refractivity contribution in [3.05, 3.63) is 60.2 Å². The average Bonchev–Trinajstić information content (AvgIpc) is 2.99. The first-order chi connectivity index (χ1) is 12.7. The number of rotatable bonds is 4. The van der Waals surface area contributed by atoms with Crippen molar-refractivity contribution in [1.82, 2.24) is 0 Å². The Morgan fingerprint density at radius 3 is 2.41 bits per heavy atom. The Balaban J connectivity index is 1.88. The van der Waals surface area contributed by atoms with Crippen molar-refractivity contribution in [1.29, 1.82) is 0 Å². The Bertz CT molecular complexity index is 933. The van der Waals surface area contributed by atoms with Crippen LogP contribution in [0.15, 0.2) is 54.6 Å². The number of hydrogen-bond acceptors (Lipinski definition) is 4. The highest BCUT2D eigenvalue weighted by Gasteiger charge is 2.49. The van der Waals surface area contributed by atoms with Crippen LogP contribution in [0.2, 0.25) is 0 Å². The summed E-state index contributed by atoms with van der Waals surface area (Å²) < 4.78 is 5.47. The highest BCUT2D eigenvalue weighted by molar-refractivity contribution is 6.11. The molecule has 3 rings (SSSR count). The summed E-state index contributed by atoms with van der Waals surface area (Å²) >= 11 is 0. The van der Waals surface area contributed by atoms with Crippen LogP contribution in [-0.4, -0.2) is 23.1 Å². The molecule has 0 heterocycles. The maximum absolute atomic E-state index is 12.7. The molecule has 1 atom stereocenters.